The van der Waals surface area contributed by atoms with Crippen LogP contribution in [0.25, 0.3) is 0 Å². The Balaban J connectivity index is 2.51. The zero-order chi connectivity index (χ0) is 10.6. The first-order valence-corrected chi connectivity index (χ1v) is 6.00. The Morgan fingerprint density at radius 3 is 2.57 bits per heavy atom. The normalized spacial score (nSPS) is 15.4. The van der Waals surface area contributed by atoms with E-state index in [9.17, 15) is 0 Å². The molecule has 1 heterocycles. The molecule has 0 radical (unpaired) electrons. The Labute approximate surface area is 89.9 Å². The fourth-order valence-electron chi connectivity index (χ4n) is 1.26. The molecule has 0 aliphatic heterocycles. The third-order valence-electron chi connectivity index (χ3n) is 2.40. The van der Waals surface area contributed by atoms with Crippen molar-refractivity contribution in [2.45, 2.75) is 46.1 Å². The monoisotopic (exact) mass is 213 g/mol. The summed E-state index contributed by atoms with van der Waals surface area (Å²) in [4.78, 5) is 0. The maximum Gasteiger partial charge on any atom is 0.121 e. The van der Waals surface area contributed by atoms with Gasteiger partial charge in [-0.25, -0.2) is 0 Å². The molecule has 0 aromatic carbocycles. The highest BCUT2D eigenvalue weighted by Gasteiger charge is 2.17. The van der Waals surface area contributed by atoms with Gasteiger partial charge < -0.3 is 5.32 Å². The van der Waals surface area contributed by atoms with Crippen molar-refractivity contribution >= 4 is 11.3 Å². The highest BCUT2D eigenvalue weighted by Crippen LogP contribution is 2.22. The molecule has 0 saturated carbocycles. The van der Waals surface area contributed by atoms with Crippen molar-refractivity contribution < 1.29 is 0 Å². The van der Waals surface area contributed by atoms with Crippen LogP contribution in [0.2, 0.25) is 0 Å². The summed E-state index contributed by atoms with van der Waals surface area (Å²) < 4.78 is 0. The molecule has 2 atom stereocenters. The minimum Gasteiger partial charge on any atom is -0.314 e. The quantitative estimate of drug-likeness (QED) is 0.816. The second-order valence-electron chi connectivity index (χ2n) is 3.69. The van der Waals surface area contributed by atoms with E-state index in [-0.39, 0.29) is 0 Å². The molecule has 1 aromatic rings. The smallest absolute Gasteiger partial charge is 0.121 e. The van der Waals surface area contributed by atoms with Crippen LogP contribution in [-0.4, -0.2) is 22.8 Å². The Morgan fingerprint density at radius 1 is 1.36 bits per heavy atom. The molecule has 1 N–H and O–H groups in total. The van der Waals surface area contributed by atoms with Gasteiger partial charge in [0.05, 0.1) is 0 Å². The maximum atomic E-state index is 4.17. The second-order valence-corrected chi connectivity index (χ2v) is 4.90. The van der Waals surface area contributed by atoms with E-state index in [1.165, 1.54) is 6.42 Å². The molecule has 0 aliphatic carbocycles. The summed E-state index contributed by atoms with van der Waals surface area (Å²) in [6.45, 7) is 9.66. The summed E-state index contributed by atoms with van der Waals surface area (Å²) in [5.74, 6) is 0.452. The van der Waals surface area contributed by atoms with Gasteiger partial charge >= 0.3 is 0 Å². The zero-order valence-electron chi connectivity index (χ0n) is 9.37. The molecule has 0 bridgehead atoms. The Kier molecular flexibility index (Phi) is 4.48. The molecule has 0 fully saturated rings. The lowest BCUT2D eigenvalue weighted by molar-refractivity contribution is 0.478. The van der Waals surface area contributed by atoms with Gasteiger partial charge in [-0.1, -0.05) is 13.8 Å². The zero-order valence-corrected chi connectivity index (χ0v) is 10.2. The van der Waals surface area contributed by atoms with E-state index in [4.69, 9.17) is 0 Å². The van der Waals surface area contributed by atoms with Crippen LogP contribution in [0.5, 0.6) is 0 Å². The van der Waals surface area contributed by atoms with E-state index < -0.39 is 0 Å². The summed E-state index contributed by atoms with van der Waals surface area (Å²) in [7, 11) is 0. The van der Waals surface area contributed by atoms with Gasteiger partial charge in [0.2, 0.25) is 0 Å². The summed E-state index contributed by atoms with van der Waals surface area (Å²) >= 11 is 1.70. The first kappa shape index (κ1) is 11.6. The standard InChI is InChI=1S/C10H19N3S/c1-5-6-11-8(3)7(2)10-13-12-9(4)14-10/h7-8,11H,5-6H2,1-4H3. The Hall–Kier alpha value is -0.480. The van der Waals surface area contributed by atoms with Crippen molar-refractivity contribution in [3.05, 3.63) is 10.0 Å². The fraction of sp³-hybridized carbons (Fsp3) is 0.800. The first-order chi connectivity index (χ1) is 6.65. The second kappa shape index (κ2) is 5.41. The Bertz CT molecular complexity index is 272. The lowest BCUT2D eigenvalue weighted by Crippen LogP contribution is -2.31. The number of rotatable bonds is 5. The number of hydrogen-bond donors (Lipinski definition) is 1. The van der Waals surface area contributed by atoms with E-state index in [0.717, 1.165) is 16.6 Å². The molecular weight excluding hydrogens is 194 g/mol. The molecule has 0 aliphatic rings. The van der Waals surface area contributed by atoms with Gasteiger partial charge in [-0.05, 0) is 26.8 Å². The number of aryl methyl sites for hydroxylation is 1. The minimum atomic E-state index is 0.452. The fourth-order valence-corrected chi connectivity index (χ4v) is 2.11. The van der Waals surface area contributed by atoms with Crippen LogP contribution in [0.4, 0.5) is 0 Å². The molecule has 4 heteroatoms. The number of aromatic nitrogens is 2. The molecule has 1 aromatic heterocycles. The number of nitrogens with zero attached hydrogens (tertiary/aromatic N) is 2. The van der Waals surface area contributed by atoms with Crippen molar-refractivity contribution in [3.63, 3.8) is 0 Å². The predicted octanol–water partition coefficient (Wildman–Crippen LogP) is 2.34. The number of hydrogen-bond acceptors (Lipinski definition) is 4. The van der Waals surface area contributed by atoms with E-state index in [1.807, 2.05) is 6.92 Å². The van der Waals surface area contributed by atoms with Gasteiger partial charge in [0, 0.05) is 12.0 Å². The highest BCUT2D eigenvalue weighted by atomic mass is 32.1. The van der Waals surface area contributed by atoms with Crippen molar-refractivity contribution in [2.75, 3.05) is 6.54 Å². The van der Waals surface area contributed by atoms with Crippen LogP contribution < -0.4 is 5.32 Å². The van der Waals surface area contributed by atoms with Gasteiger partial charge in [-0.3, -0.25) is 0 Å². The molecule has 80 valence electrons. The van der Waals surface area contributed by atoms with E-state index in [0.29, 0.717) is 12.0 Å². The van der Waals surface area contributed by atoms with Crippen LogP contribution in [0.15, 0.2) is 0 Å². The lowest BCUT2D eigenvalue weighted by Gasteiger charge is -2.18. The molecule has 0 spiro atoms. The molecule has 2 unspecified atom stereocenters. The van der Waals surface area contributed by atoms with E-state index in [2.05, 4.69) is 36.3 Å². The highest BCUT2D eigenvalue weighted by molar-refractivity contribution is 7.11. The van der Waals surface area contributed by atoms with Crippen molar-refractivity contribution in [1.29, 1.82) is 0 Å². The van der Waals surface area contributed by atoms with Crippen LogP contribution in [0.1, 0.15) is 43.1 Å². The number of nitrogens with one attached hydrogen (secondary N) is 1. The van der Waals surface area contributed by atoms with Crippen LogP contribution in [0.3, 0.4) is 0 Å². The summed E-state index contributed by atoms with van der Waals surface area (Å²) in [6.07, 6.45) is 1.17. The largest absolute Gasteiger partial charge is 0.314 e. The average molecular weight is 213 g/mol. The molecule has 1 rings (SSSR count). The average Bonchev–Trinajstić information content (AvgIpc) is 2.60. The predicted molar refractivity (Wildman–Crippen MR) is 60.8 cm³/mol. The third kappa shape index (κ3) is 3.03. The van der Waals surface area contributed by atoms with Crippen LogP contribution in [0, 0.1) is 6.92 Å². The first-order valence-electron chi connectivity index (χ1n) is 5.18. The van der Waals surface area contributed by atoms with Crippen LogP contribution >= 0.6 is 11.3 Å². The maximum absolute atomic E-state index is 4.17. The third-order valence-corrected chi connectivity index (χ3v) is 3.44. The van der Waals surface area contributed by atoms with E-state index in [1.54, 1.807) is 11.3 Å². The van der Waals surface area contributed by atoms with Gasteiger partial charge in [-0.15, -0.1) is 21.5 Å². The molecular formula is C10H19N3S. The lowest BCUT2D eigenvalue weighted by atomic mass is 10.1. The topological polar surface area (TPSA) is 37.8 Å². The van der Waals surface area contributed by atoms with Gasteiger partial charge in [0.15, 0.2) is 0 Å². The molecule has 3 nitrogen and oxygen atoms in total. The summed E-state index contributed by atoms with van der Waals surface area (Å²) in [5.41, 5.74) is 0. The van der Waals surface area contributed by atoms with Crippen molar-refractivity contribution in [3.8, 4) is 0 Å². The summed E-state index contributed by atoms with van der Waals surface area (Å²) in [5, 5.41) is 13.9. The molecule has 0 amide bonds. The SMILES string of the molecule is CCCNC(C)C(C)c1nnc(C)s1. The van der Waals surface area contributed by atoms with Gasteiger partial charge in [0.1, 0.15) is 10.0 Å². The minimum absolute atomic E-state index is 0.452. The van der Waals surface area contributed by atoms with E-state index >= 15 is 0 Å². The van der Waals surface area contributed by atoms with Gasteiger partial charge in [0.25, 0.3) is 0 Å². The molecule has 0 saturated heterocycles. The van der Waals surface area contributed by atoms with Crippen molar-refractivity contribution in [1.82, 2.24) is 15.5 Å². The summed E-state index contributed by atoms with van der Waals surface area (Å²) in [6, 6.07) is 0.474. The van der Waals surface area contributed by atoms with Gasteiger partial charge in [-0.2, -0.15) is 0 Å². The Morgan fingerprint density at radius 2 is 2.07 bits per heavy atom. The van der Waals surface area contributed by atoms with Crippen molar-refractivity contribution in [2.24, 2.45) is 0 Å². The molecule has 14 heavy (non-hydrogen) atoms. The van der Waals surface area contributed by atoms with Crippen LogP contribution in [-0.2, 0) is 0 Å².